The first-order chi connectivity index (χ1) is 14.4. The van der Waals surface area contributed by atoms with Crippen molar-refractivity contribution in [2.45, 2.75) is 76.9 Å². The lowest BCUT2D eigenvalue weighted by Gasteiger charge is -2.29. The largest absolute Gasteiger partial charge is 0.461 e. The zero-order valence-electron chi connectivity index (χ0n) is 18.2. The third-order valence-electron chi connectivity index (χ3n) is 6.28. The van der Waals surface area contributed by atoms with Crippen LogP contribution in [0.3, 0.4) is 0 Å². The lowest BCUT2D eigenvalue weighted by molar-refractivity contribution is -0.118. The second-order valence-electron chi connectivity index (χ2n) is 9.14. The van der Waals surface area contributed by atoms with Crippen LogP contribution in [0.4, 0.5) is 0 Å². The van der Waals surface area contributed by atoms with Gasteiger partial charge in [0.25, 0.3) is 6.01 Å². The monoisotopic (exact) mass is 409 g/mol. The molecule has 0 unspecified atom stereocenters. The topological polar surface area (TPSA) is 77.1 Å². The van der Waals surface area contributed by atoms with Crippen LogP contribution in [0.2, 0.25) is 0 Å². The molecular weight excluding hydrogens is 378 g/mol. The minimum atomic E-state index is 0.114. The highest BCUT2D eigenvalue weighted by Gasteiger charge is 2.28. The number of hydrogen-bond acceptors (Lipinski definition) is 5. The van der Waals surface area contributed by atoms with Gasteiger partial charge in [0.1, 0.15) is 23.5 Å². The second-order valence-corrected chi connectivity index (χ2v) is 9.14. The van der Waals surface area contributed by atoms with Crippen LogP contribution in [0.15, 0.2) is 12.1 Å². The van der Waals surface area contributed by atoms with Crippen molar-refractivity contribution >= 4 is 16.8 Å². The lowest BCUT2D eigenvalue weighted by Crippen LogP contribution is -2.30. The van der Waals surface area contributed by atoms with Gasteiger partial charge in [0, 0.05) is 20.1 Å². The SMILES string of the molecule is CC(=O)C[C@@H](C)COC1CCC(Oc2nc3c(C#N)cc(C4CC4)cc3n2C)CC1. The van der Waals surface area contributed by atoms with Gasteiger partial charge in [-0.15, -0.1) is 0 Å². The van der Waals surface area contributed by atoms with E-state index in [2.05, 4.69) is 24.0 Å². The number of aromatic nitrogens is 2. The summed E-state index contributed by atoms with van der Waals surface area (Å²) in [6.07, 6.45) is 7.11. The molecule has 2 saturated carbocycles. The molecular formula is C24H31N3O3. The van der Waals surface area contributed by atoms with E-state index in [1.165, 1.54) is 18.4 Å². The summed E-state index contributed by atoms with van der Waals surface area (Å²) in [5.41, 5.74) is 3.58. The molecule has 0 bridgehead atoms. The van der Waals surface area contributed by atoms with Crippen molar-refractivity contribution in [3.8, 4) is 12.1 Å². The summed E-state index contributed by atoms with van der Waals surface area (Å²) in [7, 11) is 1.97. The van der Waals surface area contributed by atoms with Crippen molar-refractivity contribution in [1.29, 1.82) is 5.26 Å². The summed E-state index contributed by atoms with van der Waals surface area (Å²) in [5.74, 6) is 1.08. The van der Waals surface area contributed by atoms with Gasteiger partial charge < -0.3 is 14.3 Å². The van der Waals surface area contributed by atoms with E-state index in [4.69, 9.17) is 9.47 Å². The Morgan fingerprint density at radius 3 is 2.57 bits per heavy atom. The molecule has 2 aliphatic carbocycles. The van der Waals surface area contributed by atoms with E-state index in [0.717, 1.165) is 36.7 Å². The van der Waals surface area contributed by atoms with Crippen molar-refractivity contribution in [2.24, 2.45) is 13.0 Å². The van der Waals surface area contributed by atoms with Crippen molar-refractivity contribution in [3.05, 3.63) is 23.3 Å². The number of fused-ring (bicyclic) bond motifs is 1. The number of aryl methyl sites for hydroxylation is 1. The van der Waals surface area contributed by atoms with Gasteiger partial charge >= 0.3 is 0 Å². The fourth-order valence-corrected chi connectivity index (χ4v) is 4.45. The molecule has 4 rings (SSSR count). The van der Waals surface area contributed by atoms with Crippen molar-refractivity contribution < 1.29 is 14.3 Å². The molecule has 0 radical (unpaired) electrons. The molecule has 30 heavy (non-hydrogen) atoms. The van der Waals surface area contributed by atoms with Gasteiger partial charge in [-0.05, 0) is 75.0 Å². The first-order valence-electron chi connectivity index (χ1n) is 11.1. The van der Waals surface area contributed by atoms with Crippen LogP contribution in [0.5, 0.6) is 6.01 Å². The first-order valence-corrected chi connectivity index (χ1v) is 11.1. The average molecular weight is 410 g/mol. The van der Waals surface area contributed by atoms with E-state index in [9.17, 15) is 10.1 Å². The van der Waals surface area contributed by atoms with E-state index in [0.29, 0.717) is 30.5 Å². The van der Waals surface area contributed by atoms with Crippen LogP contribution < -0.4 is 4.74 Å². The van der Waals surface area contributed by atoms with Crippen molar-refractivity contribution in [2.75, 3.05) is 6.61 Å². The minimum Gasteiger partial charge on any atom is -0.461 e. The maximum atomic E-state index is 11.2. The fraction of sp³-hybridized carbons (Fsp3) is 0.625. The van der Waals surface area contributed by atoms with Crippen molar-refractivity contribution in [3.63, 3.8) is 0 Å². The molecule has 1 aromatic heterocycles. The minimum absolute atomic E-state index is 0.114. The summed E-state index contributed by atoms with van der Waals surface area (Å²) in [6.45, 7) is 4.33. The van der Waals surface area contributed by atoms with Crippen molar-refractivity contribution in [1.82, 2.24) is 9.55 Å². The van der Waals surface area contributed by atoms with E-state index in [-0.39, 0.29) is 23.9 Å². The van der Waals surface area contributed by atoms with Gasteiger partial charge in [-0.25, -0.2) is 0 Å². The standard InChI is InChI=1S/C24H31N3O3/c1-15(10-16(2)28)14-29-20-6-8-21(9-7-20)30-24-26-23-19(13-25)11-18(17-4-5-17)12-22(23)27(24)3/h11-12,15,17,20-21H,4-10,14H2,1-3H3/t15-,20?,21?/m1/s1. The van der Waals surface area contributed by atoms with Crippen LogP contribution in [0.25, 0.3) is 11.0 Å². The Morgan fingerprint density at radius 1 is 1.23 bits per heavy atom. The summed E-state index contributed by atoms with van der Waals surface area (Å²) < 4.78 is 14.3. The van der Waals surface area contributed by atoms with Crippen LogP contribution in [-0.4, -0.2) is 34.1 Å². The third-order valence-corrected chi connectivity index (χ3v) is 6.28. The Kier molecular flexibility index (Phi) is 6.10. The van der Waals surface area contributed by atoms with Gasteiger partial charge in [0.2, 0.25) is 0 Å². The normalized spacial score (nSPS) is 22.6. The summed E-state index contributed by atoms with van der Waals surface area (Å²) in [5, 5.41) is 9.58. The molecule has 0 amide bonds. The number of imidazole rings is 1. The quantitative estimate of drug-likeness (QED) is 0.634. The Bertz CT molecular complexity index is 962. The van der Waals surface area contributed by atoms with Gasteiger partial charge in [0.15, 0.2) is 0 Å². The predicted molar refractivity (Wildman–Crippen MR) is 114 cm³/mol. The molecule has 0 N–H and O–H groups in total. The molecule has 2 fully saturated rings. The number of ether oxygens (including phenoxy) is 2. The molecule has 2 aliphatic rings. The smallest absolute Gasteiger partial charge is 0.297 e. The first kappa shape index (κ1) is 20.9. The van der Waals surface area contributed by atoms with Gasteiger partial charge in [-0.1, -0.05) is 6.92 Å². The number of hydrogen-bond donors (Lipinski definition) is 0. The van der Waals surface area contributed by atoms with Crippen LogP contribution in [-0.2, 0) is 16.6 Å². The maximum absolute atomic E-state index is 11.2. The number of nitriles is 1. The lowest BCUT2D eigenvalue weighted by atomic mass is 9.95. The van der Waals surface area contributed by atoms with Gasteiger partial charge in [-0.3, -0.25) is 4.57 Å². The van der Waals surface area contributed by atoms with Gasteiger partial charge in [-0.2, -0.15) is 10.2 Å². The molecule has 0 spiro atoms. The Labute approximate surface area is 178 Å². The zero-order chi connectivity index (χ0) is 21.3. The number of benzene rings is 1. The Morgan fingerprint density at radius 2 is 1.93 bits per heavy atom. The molecule has 160 valence electrons. The van der Waals surface area contributed by atoms with E-state index >= 15 is 0 Å². The van der Waals surface area contributed by atoms with Crippen LogP contribution >= 0.6 is 0 Å². The Hall–Kier alpha value is -2.39. The summed E-state index contributed by atoms with van der Waals surface area (Å²) >= 11 is 0. The molecule has 1 heterocycles. The third kappa shape index (κ3) is 4.67. The van der Waals surface area contributed by atoms with E-state index in [1.54, 1.807) is 6.92 Å². The molecule has 0 aliphatic heterocycles. The molecule has 6 heteroatoms. The predicted octanol–water partition coefficient (Wildman–Crippen LogP) is 4.64. The molecule has 1 atom stereocenters. The van der Waals surface area contributed by atoms with Gasteiger partial charge in [0.05, 0.1) is 17.2 Å². The molecule has 6 nitrogen and oxygen atoms in total. The highest BCUT2D eigenvalue weighted by molar-refractivity contribution is 5.84. The summed E-state index contributed by atoms with van der Waals surface area (Å²) in [6, 6.07) is 7.06. The zero-order valence-corrected chi connectivity index (χ0v) is 18.2. The number of nitrogens with zero attached hydrogens (tertiary/aromatic N) is 3. The number of carbonyl (C=O) groups excluding carboxylic acids is 1. The fourth-order valence-electron chi connectivity index (χ4n) is 4.45. The number of rotatable bonds is 8. The highest BCUT2D eigenvalue weighted by atomic mass is 16.5. The number of carbonyl (C=O) groups is 1. The number of Topliss-reactive ketones (excluding diaryl/α,β-unsaturated/α-hetero) is 1. The average Bonchev–Trinajstić information content (AvgIpc) is 3.52. The molecule has 0 saturated heterocycles. The van der Waals surface area contributed by atoms with Crippen LogP contribution in [0, 0.1) is 17.2 Å². The van der Waals surface area contributed by atoms with E-state index < -0.39 is 0 Å². The van der Waals surface area contributed by atoms with E-state index in [1.807, 2.05) is 17.7 Å². The molecule has 1 aromatic carbocycles. The number of ketones is 1. The second kappa shape index (κ2) is 8.77. The Balaban J connectivity index is 1.37. The van der Waals surface area contributed by atoms with Crippen LogP contribution in [0.1, 0.15) is 75.8 Å². The summed E-state index contributed by atoms with van der Waals surface area (Å²) in [4.78, 5) is 15.9. The highest BCUT2D eigenvalue weighted by Crippen LogP contribution is 2.42. The maximum Gasteiger partial charge on any atom is 0.297 e. The molecule has 2 aromatic rings.